The number of ether oxygens (including phenoxy) is 1. The third-order valence-corrected chi connectivity index (χ3v) is 3.84. The van der Waals surface area contributed by atoms with E-state index < -0.39 is 0 Å². The number of halogens is 1. The van der Waals surface area contributed by atoms with E-state index in [1.807, 2.05) is 24.3 Å². The molecule has 0 bridgehead atoms. The summed E-state index contributed by atoms with van der Waals surface area (Å²) in [5.74, 6) is 0.0804. The Bertz CT molecular complexity index is 876. The number of carbonyl (C=O) groups is 1. The minimum atomic E-state index is -0.290. The fourth-order valence-corrected chi connectivity index (χ4v) is 2.60. The minimum Gasteiger partial charge on any atom is -0.494 e. The third-order valence-electron chi connectivity index (χ3n) is 3.59. The first-order chi connectivity index (χ1) is 11.1. The van der Waals surface area contributed by atoms with Gasteiger partial charge in [0.15, 0.2) is 5.75 Å². The fourth-order valence-electron chi connectivity index (χ4n) is 2.48. The molecule has 3 rings (SSSR count). The molecule has 0 aliphatic rings. The van der Waals surface area contributed by atoms with Gasteiger partial charge in [-0.3, -0.25) is 4.79 Å². The van der Waals surface area contributed by atoms with Crippen molar-refractivity contribution in [3.05, 3.63) is 65.2 Å². The average Bonchev–Trinajstić information content (AvgIpc) is 2.57. The van der Waals surface area contributed by atoms with Gasteiger partial charge in [-0.25, -0.2) is 0 Å². The molecule has 116 valence electrons. The van der Waals surface area contributed by atoms with Crippen LogP contribution < -0.4 is 15.8 Å². The lowest BCUT2D eigenvalue weighted by Gasteiger charge is -2.14. The van der Waals surface area contributed by atoms with Crippen LogP contribution in [0.1, 0.15) is 10.4 Å². The quantitative estimate of drug-likeness (QED) is 0.704. The lowest BCUT2D eigenvalue weighted by molar-refractivity contribution is 0.102. The molecule has 3 aromatic rings. The van der Waals surface area contributed by atoms with E-state index in [-0.39, 0.29) is 5.91 Å². The number of nitrogens with one attached hydrogen (secondary N) is 1. The molecule has 4 nitrogen and oxygen atoms in total. The Balaban J connectivity index is 2.04. The number of nitrogens with two attached hydrogens (primary N) is 1. The third kappa shape index (κ3) is 2.94. The van der Waals surface area contributed by atoms with Crippen LogP contribution in [-0.4, -0.2) is 13.0 Å². The molecular formula is C18H15ClN2O2. The zero-order valence-corrected chi connectivity index (χ0v) is 13.2. The van der Waals surface area contributed by atoms with Gasteiger partial charge >= 0.3 is 0 Å². The number of methoxy groups -OCH3 is 1. The van der Waals surface area contributed by atoms with E-state index in [0.717, 1.165) is 10.8 Å². The molecule has 0 aliphatic heterocycles. The SMILES string of the molecule is COc1c(C(=O)Nc2ccc(Cl)cc2)cc2ccccc2c1N. The normalized spacial score (nSPS) is 10.5. The monoisotopic (exact) mass is 326 g/mol. The van der Waals surface area contributed by atoms with E-state index in [4.69, 9.17) is 22.1 Å². The van der Waals surface area contributed by atoms with Crippen LogP contribution in [0.4, 0.5) is 11.4 Å². The predicted molar refractivity (Wildman–Crippen MR) is 94.3 cm³/mol. The largest absolute Gasteiger partial charge is 0.494 e. The van der Waals surface area contributed by atoms with Gasteiger partial charge in [-0.2, -0.15) is 0 Å². The second-order valence-electron chi connectivity index (χ2n) is 5.05. The van der Waals surface area contributed by atoms with Gasteiger partial charge in [-0.05, 0) is 35.7 Å². The molecule has 0 saturated heterocycles. The van der Waals surface area contributed by atoms with E-state index in [0.29, 0.717) is 27.7 Å². The number of fused-ring (bicyclic) bond motifs is 1. The van der Waals surface area contributed by atoms with Gasteiger partial charge in [0.2, 0.25) is 0 Å². The van der Waals surface area contributed by atoms with Crippen molar-refractivity contribution in [2.75, 3.05) is 18.2 Å². The van der Waals surface area contributed by atoms with E-state index in [2.05, 4.69) is 5.32 Å². The second kappa shape index (κ2) is 6.18. The summed E-state index contributed by atoms with van der Waals surface area (Å²) in [6, 6.07) is 16.3. The summed E-state index contributed by atoms with van der Waals surface area (Å²) >= 11 is 5.85. The molecule has 0 spiro atoms. The van der Waals surface area contributed by atoms with Crippen LogP contribution in [0.5, 0.6) is 5.75 Å². The van der Waals surface area contributed by atoms with Crippen molar-refractivity contribution in [1.29, 1.82) is 0 Å². The van der Waals surface area contributed by atoms with Gasteiger partial charge in [0.1, 0.15) is 0 Å². The maximum atomic E-state index is 12.6. The fraction of sp³-hybridized carbons (Fsp3) is 0.0556. The summed E-state index contributed by atoms with van der Waals surface area (Å²) < 4.78 is 5.36. The van der Waals surface area contributed by atoms with Crippen LogP contribution >= 0.6 is 11.6 Å². The van der Waals surface area contributed by atoms with Crippen molar-refractivity contribution in [2.24, 2.45) is 0 Å². The van der Waals surface area contributed by atoms with Gasteiger partial charge in [0.25, 0.3) is 5.91 Å². The van der Waals surface area contributed by atoms with E-state index in [1.165, 1.54) is 7.11 Å². The summed E-state index contributed by atoms with van der Waals surface area (Å²) in [5, 5.41) is 5.16. The molecule has 0 unspecified atom stereocenters. The Morgan fingerprint density at radius 2 is 1.83 bits per heavy atom. The van der Waals surface area contributed by atoms with Crippen molar-refractivity contribution in [3.8, 4) is 5.75 Å². The Morgan fingerprint density at radius 1 is 1.13 bits per heavy atom. The molecule has 0 heterocycles. The Hall–Kier alpha value is -2.72. The smallest absolute Gasteiger partial charge is 0.259 e. The first kappa shape index (κ1) is 15.2. The van der Waals surface area contributed by atoms with Gasteiger partial charge in [0, 0.05) is 16.1 Å². The minimum absolute atomic E-state index is 0.290. The van der Waals surface area contributed by atoms with Gasteiger partial charge in [0.05, 0.1) is 18.4 Å². The number of hydrogen-bond donors (Lipinski definition) is 2. The lowest BCUT2D eigenvalue weighted by Crippen LogP contribution is -2.14. The number of anilines is 2. The molecular weight excluding hydrogens is 312 g/mol. The summed E-state index contributed by atoms with van der Waals surface area (Å²) in [4.78, 5) is 12.6. The van der Waals surface area contributed by atoms with Crippen LogP contribution in [0.3, 0.4) is 0 Å². The molecule has 0 aliphatic carbocycles. The predicted octanol–water partition coefficient (Wildman–Crippen LogP) is 4.34. The van der Waals surface area contributed by atoms with Crippen molar-refractivity contribution in [2.45, 2.75) is 0 Å². The number of carbonyl (C=O) groups excluding carboxylic acids is 1. The average molecular weight is 327 g/mol. The van der Waals surface area contributed by atoms with Crippen molar-refractivity contribution in [1.82, 2.24) is 0 Å². The maximum Gasteiger partial charge on any atom is 0.259 e. The molecule has 5 heteroatoms. The molecule has 3 aromatic carbocycles. The highest BCUT2D eigenvalue weighted by atomic mass is 35.5. The maximum absolute atomic E-state index is 12.6. The van der Waals surface area contributed by atoms with E-state index >= 15 is 0 Å². The summed E-state index contributed by atoms with van der Waals surface area (Å²) in [5.41, 5.74) is 7.64. The zero-order chi connectivity index (χ0) is 16.4. The standard InChI is InChI=1S/C18H15ClN2O2/c1-23-17-15(10-11-4-2-3-5-14(11)16(17)20)18(22)21-13-8-6-12(19)7-9-13/h2-10H,20H2,1H3,(H,21,22). The number of rotatable bonds is 3. The van der Waals surface area contributed by atoms with E-state index in [9.17, 15) is 4.79 Å². The molecule has 0 atom stereocenters. The van der Waals surface area contributed by atoms with Gasteiger partial charge in [-0.15, -0.1) is 0 Å². The van der Waals surface area contributed by atoms with Crippen molar-refractivity contribution in [3.63, 3.8) is 0 Å². The molecule has 0 fully saturated rings. The Kier molecular flexibility index (Phi) is 4.08. The highest BCUT2D eigenvalue weighted by Crippen LogP contribution is 2.34. The van der Waals surface area contributed by atoms with Crippen LogP contribution in [0.25, 0.3) is 10.8 Å². The van der Waals surface area contributed by atoms with Crippen molar-refractivity contribution >= 4 is 39.7 Å². The molecule has 1 amide bonds. The Labute approximate surface area is 138 Å². The van der Waals surface area contributed by atoms with Crippen LogP contribution in [-0.2, 0) is 0 Å². The molecule has 3 N–H and O–H groups in total. The molecule has 0 saturated carbocycles. The summed E-state index contributed by atoms with van der Waals surface area (Å²) in [6.07, 6.45) is 0. The zero-order valence-electron chi connectivity index (χ0n) is 12.5. The molecule has 0 aromatic heterocycles. The molecule has 0 radical (unpaired) electrons. The first-order valence-corrected chi connectivity index (χ1v) is 7.40. The van der Waals surface area contributed by atoms with Crippen molar-refractivity contribution < 1.29 is 9.53 Å². The summed E-state index contributed by atoms with van der Waals surface area (Å²) in [7, 11) is 1.50. The molecule has 23 heavy (non-hydrogen) atoms. The summed E-state index contributed by atoms with van der Waals surface area (Å²) in [6.45, 7) is 0. The number of nitrogen functional groups attached to an aromatic ring is 1. The number of hydrogen-bond acceptors (Lipinski definition) is 3. The highest BCUT2D eigenvalue weighted by molar-refractivity contribution is 6.30. The Morgan fingerprint density at radius 3 is 2.52 bits per heavy atom. The van der Waals surface area contributed by atoms with E-state index in [1.54, 1.807) is 30.3 Å². The van der Waals surface area contributed by atoms with Gasteiger partial charge < -0.3 is 15.8 Å². The highest BCUT2D eigenvalue weighted by Gasteiger charge is 2.17. The van der Waals surface area contributed by atoms with Crippen LogP contribution in [0.15, 0.2) is 54.6 Å². The van der Waals surface area contributed by atoms with Crippen LogP contribution in [0.2, 0.25) is 5.02 Å². The number of amides is 1. The topological polar surface area (TPSA) is 64.3 Å². The first-order valence-electron chi connectivity index (χ1n) is 7.02. The van der Waals surface area contributed by atoms with Crippen LogP contribution in [0, 0.1) is 0 Å². The second-order valence-corrected chi connectivity index (χ2v) is 5.49. The lowest BCUT2D eigenvalue weighted by atomic mass is 10.0. The van der Waals surface area contributed by atoms with Gasteiger partial charge in [-0.1, -0.05) is 35.9 Å². The number of benzene rings is 3.